The van der Waals surface area contributed by atoms with E-state index < -0.39 is 0 Å². The van der Waals surface area contributed by atoms with Crippen LogP contribution in [-0.4, -0.2) is 15.0 Å². The van der Waals surface area contributed by atoms with Crippen molar-refractivity contribution in [1.82, 2.24) is 15.0 Å². The molecule has 0 atom stereocenters. The van der Waals surface area contributed by atoms with Crippen LogP contribution in [-0.2, 0) is 0 Å². The zero-order chi connectivity index (χ0) is 33.0. The summed E-state index contributed by atoms with van der Waals surface area (Å²) >= 11 is 1.84. The molecule has 0 saturated carbocycles. The number of hydrogen-bond acceptors (Lipinski definition) is 5. The van der Waals surface area contributed by atoms with E-state index in [2.05, 4.69) is 144 Å². The number of nitrogens with zero attached hydrogens (tertiary/aromatic N) is 4. The smallest absolute Gasteiger partial charge is 0.164 e. The van der Waals surface area contributed by atoms with Gasteiger partial charge in [-0.3, -0.25) is 0 Å². The lowest BCUT2D eigenvalue weighted by Crippen LogP contribution is -2.10. The average molecular weight is 657 g/mol. The lowest BCUT2D eigenvalue weighted by atomic mass is 9.99. The zero-order valence-electron chi connectivity index (χ0n) is 26.9. The number of hydrogen-bond donors (Lipinski definition) is 0. The first-order valence-corrected chi connectivity index (χ1v) is 17.5. The number of anilines is 3. The van der Waals surface area contributed by atoms with Crippen LogP contribution in [0.1, 0.15) is 0 Å². The summed E-state index contributed by atoms with van der Waals surface area (Å²) in [6, 6.07) is 60.3. The Morgan fingerprint density at radius 2 is 0.780 bits per heavy atom. The first kappa shape index (κ1) is 28.6. The molecule has 10 bridgehead atoms. The van der Waals surface area contributed by atoms with Crippen LogP contribution in [0.4, 0.5) is 17.1 Å². The van der Waals surface area contributed by atoms with E-state index in [1.807, 2.05) is 41.7 Å². The summed E-state index contributed by atoms with van der Waals surface area (Å²) in [7, 11) is 0. The molecule has 0 aliphatic carbocycles. The zero-order valence-corrected chi connectivity index (χ0v) is 27.7. The maximum absolute atomic E-state index is 5.06. The van der Waals surface area contributed by atoms with Gasteiger partial charge in [-0.05, 0) is 76.9 Å². The van der Waals surface area contributed by atoms with Gasteiger partial charge in [-0.25, -0.2) is 15.0 Å². The molecule has 0 radical (unpaired) electrons. The third-order valence-corrected chi connectivity index (χ3v) is 10.5. The molecule has 3 heterocycles. The summed E-state index contributed by atoms with van der Waals surface area (Å²) in [5, 5.41) is 2.59. The van der Waals surface area contributed by atoms with Crippen molar-refractivity contribution in [1.29, 1.82) is 0 Å². The third kappa shape index (κ3) is 4.95. The predicted molar refractivity (Wildman–Crippen MR) is 208 cm³/mol. The second kappa shape index (κ2) is 11.6. The van der Waals surface area contributed by atoms with Gasteiger partial charge in [-0.2, -0.15) is 0 Å². The largest absolute Gasteiger partial charge is 0.310 e. The predicted octanol–water partition coefficient (Wildman–Crippen LogP) is 12.4. The van der Waals surface area contributed by atoms with Gasteiger partial charge in [-0.1, -0.05) is 115 Å². The highest BCUT2D eigenvalue weighted by Crippen LogP contribution is 2.42. The maximum Gasteiger partial charge on any atom is 0.164 e. The molecule has 0 unspecified atom stereocenters. The fourth-order valence-corrected chi connectivity index (χ4v) is 8.12. The Labute approximate surface area is 293 Å². The molecule has 1 aliphatic heterocycles. The first-order valence-electron chi connectivity index (χ1n) is 16.7. The number of rotatable bonds is 2. The summed E-state index contributed by atoms with van der Waals surface area (Å²) in [6.07, 6.45) is 0. The Hall–Kier alpha value is -6.43. The molecule has 9 aromatic rings. The Kier molecular flexibility index (Phi) is 6.64. The summed E-state index contributed by atoms with van der Waals surface area (Å²) < 4.78 is 2.57. The van der Waals surface area contributed by atoms with Gasteiger partial charge < -0.3 is 4.90 Å². The summed E-state index contributed by atoms with van der Waals surface area (Å²) in [4.78, 5) is 17.4. The van der Waals surface area contributed by atoms with Gasteiger partial charge in [0.2, 0.25) is 0 Å². The van der Waals surface area contributed by atoms with Gasteiger partial charge >= 0.3 is 0 Å². The SMILES string of the molecule is c1ccc(-c2nc3nc(n2)-c2cccc(c2)-c2cccc(c2)N(c2ccc4c(c2)sc2ccccc24)c2cccc(c2)-c2cccc-3c2)cc1. The highest BCUT2D eigenvalue weighted by molar-refractivity contribution is 7.25. The van der Waals surface area contributed by atoms with Gasteiger partial charge in [0.05, 0.1) is 0 Å². The number of thiophene rings is 1. The monoisotopic (exact) mass is 656 g/mol. The molecule has 5 heteroatoms. The molecule has 4 nitrogen and oxygen atoms in total. The molecule has 0 spiro atoms. The van der Waals surface area contributed by atoms with Crippen LogP contribution in [0, 0.1) is 0 Å². The molecular formula is C45H28N4S. The van der Waals surface area contributed by atoms with Crippen LogP contribution in [0.2, 0.25) is 0 Å². The van der Waals surface area contributed by atoms with Gasteiger partial charge in [-0.15, -0.1) is 11.3 Å². The van der Waals surface area contributed by atoms with E-state index in [0.717, 1.165) is 56.0 Å². The van der Waals surface area contributed by atoms with Crippen molar-refractivity contribution in [3.63, 3.8) is 0 Å². The van der Waals surface area contributed by atoms with Crippen LogP contribution >= 0.6 is 11.3 Å². The minimum Gasteiger partial charge on any atom is -0.310 e. The Balaban J connectivity index is 1.22. The summed E-state index contributed by atoms with van der Waals surface area (Å²) in [5.41, 5.74) is 10.5. The lowest BCUT2D eigenvalue weighted by Gasteiger charge is -2.27. The van der Waals surface area contributed by atoms with Crippen molar-refractivity contribution < 1.29 is 0 Å². The van der Waals surface area contributed by atoms with Crippen molar-refractivity contribution >= 4 is 48.6 Å². The van der Waals surface area contributed by atoms with E-state index in [-0.39, 0.29) is 0 Å². The van der Waals surface area contributed by atoms with Gasteiger partial charge in [0.25, 0.3) is 0 Å². The van der Waals surface area contributed by atoms with Crippen LogP contribution in [0.25, 0.3) is 76.6 Å². The van der Waals surface area contributed by atoms with Crippen LogP contribution in [0.15, 0.2) is 170 Å². The second-order valence-electron chi connectivity index (χ2n) is 12.5. The second-order valence-corrected chi connectivity index (χ2v) is 13.6. The molecule has 0 amide bonds. The highest BCUT2D eigenvalue weighted by Gasteiger charge is 2.18. The Morgan fingerprint density at radius 1 is 0.320 bits per heavy atom. The number of benzene rings is 7. The number of fused-ring (bicyclic) bond motifs is 17. The van der Waals surface area contributed by atoms with Crippen molar-refractivity contribution in [3.8, 4) is 56.4 Å². The molecule has 234 valence electrons. The molecule has 1 aliphatic rings. The summed E-state index contributed by atoms with van der Waals surface area (Å²) in [5.74, 6) is 1.94. The van der Waals surface area contributed by atoms with E-state index in [0.29, 0.717) is 17.5 Å². The third-order valence-electron chi connectivity index (χ3n) is 9.40. The summed E-state index contributed by atoms with van der Waals surface area (Å²) in [6.45, 7) is 0. The van der Waals surface area contributed by atoms with E-state index >= 15 is 0 Å². The average Bonchev–Trinajstić information content (AvgIpc) is 3.56. The molecule has 50 heavy (non-hydrogen) atoms. The first-order chi connectivity index (χ1) is 24.7. The molecule has 0 saturated heterocycles. The fraction of sp³-hybridized carbons (Fsp3) is 0. The van der Waals surface area contributed by atoms with Crippen LogP contribution in [0.3, 0.4) is 0 Å². The normalized spacial score (nSPS) is 12.0. The van der Waals surface area contributed by atoms with Crippen molar-refractivity contribution in [3.05, 3.63) is 170 Å². The molecular weight excluding hydrogens is 629 g/mol. The maximum atomic E-state index is 5.06. The fourth-order valence-electron chi connectivity index (χ4n) is 6.98. The van der Waals surface area contributed by atoms with Crippen LogP contribution in [0.5, 0.6) is 0 Å². The molecule has 0 N–H and O–H groups in total. The lowest BCUT2D eigenvalue weighted by molar-refractivity contribution is 1.07. The Bertz CT molecular complexity index is 2620. The minimum atomic E-state index is 0.643. The van der Waals surface area contributed by atoms with Crippen molar-refractivity contribution in [2.75, 3.05) is 4.90 Å². The van der Waals surface area contributed by atoms with Gasteiger partial charge in [0.15, 0.2) is 17.5 Å². The topological polar surface area (TPSA) is 41.9 Å². The standard InChI is InChI=1S/C45H28N4S/c1-2-10-29(11-3-1)43-46-44-34-16-6-12-30(24-34)32-14-8-18-36(26-32)49(38-22-23-40-39-20-4-5-21-41(39)50-42(40)28-38)37-19-9-15-33(27-37)31-13-7-17-35(25-31)45(47-43)48-44/h1-28H. The molecule has 7 aromatic carbocycles. The quantitative estimate of drug-likeness (QED) is 0.186. The molecule has 10 rings (SSSR count). The molecule has 0 fully saturated rings. The van der Waals surface area contributed by atoms with E-state index in [1.165, 1.54) is 20.2 Å². The van der Waals surface area contributed by atoms with Gasteiger partial charge in [0.1, 0.15) is 0 Å². The van der Waals surface area contributed by atoms with Crippen molar-refractivity contribution in [2.24, 2.45) is 0 Å². The van der Waals surface area contributed by atoms with E-state index in [4.69, 9.17) is 15.0 Å². The van der Waals surface area contributed by atoms with Gasteiger partial charge in [0, 0.05) is 53.9 Å². The Morgan fingerprint density at radius 3 is 1.42 bits per heavy atom. The van der Waals surface area contributed by atoms with Crippen LogP contribution < -0.4 is 4.90 Å². The minimum absolute atomic E-state index is 0.643. The molecule has 2 aromatic heterocycles. The van der Waals surface area contributed by atoms with E-state index in [1.54, 1.807) is 0 Å². The highest BCUT2D eigenvalue weighted by atomic mass is 32.1. The number of aromatic nitrogens is 3. The van der Waals surface area contributed by atoms with Crippen molar-refractivity contribution in [2.45, 2.75) is 0 Å². The van der Waals surface area contributed by atoms with E-state index in [9.17, 15) is 0 Å².